The molecule has 0 bridgehead atoms. The lowest BCUT2D eigenvalue weighted by Crippen LogP contribution is -2.40. The molecule has 0 aliphatic heterocycles. The minimum Gasteiger partial charge on any atom is -0.348 e. The van der Waals surface area contributed by atoms with E-state index in [2.05, 4.69) is 25.7 Å². The molecule has 3 heteroatoms. The highest BCUT2D eigenvalue weighted by atomic mass is 16.2. The predicted octanol–water partition coefficient (Wildman–Crippen LogP) is 1.26. The maximum Gasteiger partial charge on any atom is 0.236 e. The van der Waals surface area contributed by atoms with Crippen LogP contribution < -0.4 is 5.32 Å². The quantitative estimate of drug-likeness (QED) is 0.652. The van der Waals surface area contributed by atoms with Crippen molar-refractivity contribution in [3.8, 4) is 0 Å². The average Bonchev–Trinajstić information content (AvgIpc) is 2.13. The second-order valence-corrected chi connectivity index (χ2v) is 3.96. The number of carbonyl (C=O) groups is 1. The van der Waals surface area contributed by atoms with Crippen LogP contribution in [0.25, 0.3) is 0 Å². The summed E-state index contributed by atoms with van der Waals surface area (Å²) in [6.07, 6.45) is 2.89. The molecule has 0 fully saturated rings. The van der Waals surface area contributed by atoms with Crippen LogP contribution in [0.1, 0.15) is 20.3 Å². The van der Waals surface area contributed by atoms with Gasteiger partial charge in [-0.05, 0) is 19.3 Å². The Hall–Kier alpha value is -0.830. The first-order chi connectivity index (χ1) is 6.49. The smallest absolute Gasteiger partial charge is 0.236 e. The van der Waals surface area contributed by atoms with E-state index in [9.17, 15) is 4.79 Å². The van der Waals surface area contributed by atoms with Gasteiger partial charge in [-0.2, -0.15) is 0 Å². The van der Waals surface area contributed by atoms with Crippen molar-refractivity contribution >= 4 is 5.91 Å². The highest BCUT2D eigenvalue weighted by molar-refractivity contribution is 5.77. The maximum atomic E-state index is 11.3. The van der Waals surface area contributed by atoms with Crippen molar-refractivity contribution in [2.75, 3.05) is 20.6 Å². The van der Waals surface area contributed by atoms with E-state index in [0.717, 1.165) is 6.42 Å². The lowest BCUT2D eigenvalue weighted by Gasteiger charge is -2.20. The fourth-order valence-corrected chi connectivity index (χ4v) is 1.07. The Morgan fingerprint density at radius 3 is 2.50 bits per heavy atom. The molecule has 0 aliphatic carbocycles. The molecule has 0 heterocycles. The zero-order valence-electron chi connectivity index (χ0n) is 9.71. The van der Waals surface area contributed by atoms with Gasteiger partial charge in [0.15, 0.2) is 0 Å². The van der Waals surface area contributed by atoms with E-state index in [1.165, 1.54) is 0 Å². The molecule has 0 saturated carbocycles. The topological polar surface area (TPSA) is 32.3 Å². The first-order valence-corrected chi connectivity index (χ1v) is 5.03. The zero-order valence-corrected chi connectivity index (χ0v) is 9.71. The molecule has 0 saturated heterocycles. The van der Waals surface area contributed by atoms with Crippen LogP contribution in [0.3, 0.4) is 0 Å². The molecular formula is C11H22N2O. The zero-order chi connectivity index (χ0) is 11.1. The van der Waals surface area contributed by atoms with Crippen LogP contribution in [0.15, 0.2) is 12.7 Å². The molecule has 14 heavy (non-hydrogen) atoms. The van der Waals surface area contributed by atoms with Gasteiger partial charge in [0.1, 0.15) is 0 Å². The third-order valence-electron chi connectivity index (χ3n) is 2.47. The number of likely N-dealkylation sites (N-methyl/N-ethyl adjacent to an activating group) is 1. The van der Waals surface area contributed by atoms with E-state index < -0.39 is 0 Å². The summed E-state index contributed by atoms with van der Waals surface area (Å²) in [5.74, 6) is 0.630. The number of nitrogens with zero attached hydrogens (tertiary/aromatic N) is 1. The van der Waals surface area contributed by atoms with Gasteiger partial charge in [-0.25, -0.2) is 0 Å². The summed E-state index contributed by atoms with van der Waals surface area (Å²) in [7, 11) is 3.53. The van der Waals surface area contributed by atoms with E-state index >= 15 is 0 Å². The first-order valence-electron chi connectivity index (χ1n) is 5.03. The van der Waals surface area contributed by atoms with Gasteiger partial charge in [0, 0.05) is 20.1 Å². The predicted molar refractivity (Wildman–Crippen MR) is 60.1 cm³/mol. The van der Waals surface area contributed by atoms with Crippen LogP contribution in [0.2, 0.25) is 0 Å². The van der Waals surface area contributed by atoms with Crippen LogP contribution in [0.4, 0.5) is 0 Å². The molecule has 2 unspecified atom stereocenters. The van der Waals surface area contributed by atoms with Crippen molar-refractivity contribution in [1.29, 1.82) is 0 Å². The molecule has 82 valence electrons. The summed E-state index contributed by atoms with van der Waals surface area (Å²) in [5, 5.41) is 3.21. The van der Waals surface area contributed by atoms with Crippen LogP contribution in [-0.4, -0.2) is 37.5 Å². The molecular weight excluding hydrogens is 176 g/mol. The normalized spacial score (nSPS) is 14.6. The highest BCUT2D eigenvalue weighted by Crippen LogP contribution is 2.07. The number of nitrogens with one attached hydrogen (secondary N) is 1. The minimum absolute atomic E-state index is 0.114. The Morgan fingerprint density at radius 1 is 1.50 bits per heavy atom. The van der Waals surface area contributed by atoms with Gasteiger partial charge in [-0.1, -0.05) is 13.0 Å². The molecule has 0 aromatic carbocycles. The molecule has 1 amide bonds. The van der Waals surface area contributed by atoms with Crippen molar-refractivity contribution < 1.29 is 4.79 Å². The molecule has 0 radical (unpaired) electrons. The largest absolute Gasteiger partial charge is 0.348 e. The lowest BCUT2D eigenvalue weighted by molar-refractivity contribution is -0.127. The summed E-state index contributed by atoms with van der Waals surface area (Å²) in [6, 6.07) is 0.344. The minimum atomic E-state index is 0.114. The molecule has 0 spiro atoms. The Labute approximate surface area is 87.2 Å². The first kappa shape index (κ1) is 13.2. The van der Waals surface area contributed by atoms with Gasteiger partial charge >= 0.3 is 0 Å². The molecule has 2 atom stereocenters. The fraction of sp³-hybridized carbons (Fsp3) is 0.727. The van der Waals surface area contributed by atoms with E-state index in [0.29, 0.717) is 18.5 Å². The van der Waals surface area contributed by atoms with Crippen molar-refractivity contribution in [3.05, 3.63) is 12.7 Å². The van der Waals surface area contributed by atoms with Gasteiger partial charge in [0.05, 0.1) is 6.54 Å². The lowest BCUT2D eigenvalue weighted by atomic mass is 10.00. The van der Waals surface area contributed by atoms with Crippen molar-refractivity contribution in [2.24, 2.45) is 5.92 Å². The average molecular weight is 198 g/mol. The van der Waals surface area contributed by atoms with Crippen LogP contribution >= 0.6 is 0 Å². The number of rotatable bonds is 6. The van der Waals surface area contributed by atoms with Crippen molar-refractivity contribution in [2.45, 2.75) is 26.3 Å². The van der Waals surface area contributed by atoms with Gasteiger partial charge < -0.3 is 10.2 Å². The Morgan fingerprint density at radius 2 is 2.07 bits per heavy atom. The molecule has 0 aliphatic rings. The second kappa shape index (κ2) is 6.60. The van der Waals surface area contributed by atoms with Crippen LogP contribution in [0, 0.1) is 5.92 Å². The van der Waals surface area contributed by atoms with Gasteiger partial charge in [0.2, 0.25) is 5.91 Å². The summed E-state index contributed by atoms with van der Waals surface area (Å²) >= 11 is 0. The van der Waals surface area contributed by atoms with Gasteiger partial charge in [-0.3, -0.25) is 4.79 Å². The van der Waals surface area contributed by atoms with Crippen molar-refractivity contribution in [3.63, 3.8) is 0 Å². The third kappa shape index (κ3) is 5.02. The highest BCUT2D eigenvalue weighted by Gasteiger charge is 2.12. The van der Waals surface area contributed by atoms with Crippen LogP contribution in [-0.2, 0) is 4.79 Å². The number of allylic oxidation sites excluding steroid dienone is 1. The monoisotopic (exact) mass is 198 g/mol. The van der Waals surface area contributed by atoms with Crippen molar-refractivity contribution in [1.82, 2.24) is 10.2 Å². The summed E-state index contributed by atoms with van der Waals surface area (Å²) in [6.45, 7) is 8.36. The number of hydrogen-bond acceptors (Lipinski definition) is 2. The molecule has 0 rings (SSSR count). The number of hydrogen-bond donors (Lipinski definition) is 1. The molecule has 0 aromatic rings. The van der Waals surface area contributed by atoms with E-state index in [1.54, 1.807) is 19.0 Å². The summed E-state index contributed by atoms with van der Waals surface area (Å²) in [4.78, 5) is 12.9. The van der Waals surface area contributed by atoms with E-state index in [-0.39, 0.29) is 5.91 Å². The fourth-order valence-electron chi connectivity index (χ4n) is 1.07. The SMILES string of the molecule is C=CCC(C)C(C)NCC(=O)N(C)C. The molecule has 0 aromatic heterocycles. The number of carbonyl (C=O) groups excluding carboxylic acids is 1. The Bertz CT molecular complexity index is 190. The van der Waals surface area contributed by atoms with Gasteiger partial charge in [0.25, 0.3) is 0 Å². The molecule has 1 N–H and O–H groups in total. The van der Waals surface area contributed by atoms with E-state index in [4.69, 9.17) is 0 Å². The number of amides is 1. The Kier molecular flexibility index (Phi) is 6.21. The Balaban J connectivity index is 3.77. The second-order valence-electron chi connectivity index (χ2n) is 3.96. The summed E-state index contributed by atoms with van der Waals surface area (Å²) < 4.78 is 0. The third-order valence-corrected chi connectivity index (χ3v) is 2.47. The summed E-state index contributed by atoms with van der Waals surface area (Å²) in [5.41, 5.74) is 0. The maximum absolute atomic E-state index is 11.3. The van der Waals surface area contributed by atoms with E-state index in [1.807, 2.05) is 6.08 Å². The van der Waals surface area contributed by atoms with Gasteiger partial charge in [-0.15, -0.1) is 6.58 Å². The standard InChI is InChI=1S/C11H22N2O/c1-6-7-9(2)10(3)12-8-11(14)13(4)5/h6,9-10,12H,1,7-8H2,2-5H3. The molecule has 3 nitrogen and oxygen atoms in total. The van der Waals surface area contributed by atoms with Crippen LogP contribution in [0.5, 0.6) is 0 Å².